The molecule has 0 aliphatic heterocycles. The minimum Gasteiger partial charge on any atom is -0.355 e. The molecule has 0 heterocycles. The number of carbonyl (C=O) groups is 2. The molecule has 0 rings (SSSR count). The molecule has 0 fully saturated rings. The van der Waals surface area contributed by atoms with Crippen molar-refractivity contribution >= 4 is 12.2 Å². The van der Waals surface area contributed by atoms with Crippen molar-refractivity contribution in [3.05, 3.63) is 12.2 Å². The van der Waals surface area contributed by atoms with Gasteiger partial charge in [-0.3, -0.25) is 9.69 Å². The molecule has 0 radical (unpaired) electrons. The number of carbonyl (C=O) groups excluding carboxylic acids is 2. The van der Waals surface area contributed by atoms with Gasteiger partial charge in [0.25, 0.3) is 0 Å². The zero-order valence-electron chi connectivity index (χ0n) is 13.4. The van der Waals surface area contributed by atoms with Crippen LogP contribution in [0.1, 0.15) is 47.0 Å². The smallest absolute Gasteiger partial charge is 0.234 e. The second kappa shape index (κ2) is 10.6. The van der Waals surface area contributed by atoms with Gasteiger partial charge in [0.1, 0.15) is 6.29 Å². The van der Waals surface area contributed by atoms with Crippen LogP contribution >= 0.6 is 0 Å². The van der Waals surface area contributed by atoms with Gasteiger partial charge < -0.3 is 10.1 Å². The largest absolute Gasteiger partial charge is 0.355 e. The van der Waals surface area contributed by atoms with Crippen molar-refractivity contribution in [3.8, 4) is 0 Å². The Morgan fingerprint density at radius 2 is 1.90 bits per heavy atom. The fraction of sp³-hybridized carbons (Fsp3) is 0.750. The maximum Gasteiger partial charge on any atom is 0.234 e. The molecular weight excluding hydrogens is 252 g/mol. The highest BCUT2D eigenvalue weighted by atomic mass is 16.2. The first-order valence-electron chi connectivity index (χ1n) is 7.55. The van der Waals surface area contributed by atoms with E-state index in [0.717, 1.165) is 45.2 Å². The van der Waals surface area contributed by atoms with Gasteiger partial charge in [-0.1, -0.05) is 39.8 Å². The van der Waals surface area contributed by atoms with Gasteiger partial charge in [-0.05, 0) is 25.8 Å². The van der Waals surface area contributed by atoms with Crippen LogP contribution in [0, 0.1) is 5.41 Å². The quantitative estimate of drug-likeness (QED) is 0.467. The van der Waals surface area contributed by atoms with E-state index in [1.165, 1.54) is 0 Å². The zero-order chi connectivity index (χ0) is 15.4. The Labute approximate surface area is 123 Å². The number of nitrogens with zero attached hydrogens (tertiary/aromatic N) is 1. The van der Waals surface area contributed by atoms with E-state index in [1.54, 1.807) is 0 Å². The standard InChI is InChI=1S/C16H30N2O2/c1-5-10-17-15(20)13-18(11-6-2)12-8-7-9-16(3,4)14-19/h7-8,14H,5-6,9-13H2,1-4H3,(H,17,20)/b8-7+. The monoisotopic (exact) mass is 282 g/mol. The highest BCUT2D eigenvalue weighted by molar-refractivity contribution is 5.77. The van der Waals surface area contributed by atoms with Crippen molar-refractivity contribution in [3.63, 3.8) is 0 Å². The first kappa shape index (κ1) is 18.8. The summed E-state index contributed by atoms with van der Waals surface area (Å²) in [4.78, 5) is 24.6. The zero-order valence-corrected chi connectivity index (χ0v) is 13.4. The number of aldehydes is 1. The van der Waals surface area contributed by atoms with Gasteiger partial charge in [-0.2, -0.15) is 0 Å². The summed E-state index contributed by atoms with van der Waals surface area (Å²) >= 11 is 0. The molecule has 0 spiro atoms. The number of allylic oxidation sites excluding steroid dienone is 1. The molecule has 0 unspecified atom stereocenters. The summed E-state index contributed by atoms with van der Waals surface area (Å²) in [5.74, 6) is 0.0851. The predicted octanol–water partition coefficient (Wildman–Crippen LogP) is 2.40. The van der Waals surface area contributed by atoms with Crippen LogP contribution in [0.5, 0.6) is 0 Å². The molecule has 4 heteroatoms. The Balaban J connectivity index is 4.16. The van der Waals surface area contributed by atoms with Crippen molar-refractivity contribution in [2.24, 2.45) is 5.41 Å². The lowest BCUT2D eigenvalue weighted by atomic mass is 9.91. The van der Waals surface area contributed by atoms with E-state index in [4.69, 9.17) is 0 Å². The van der Waals surface area contributed by atoms with Crippen LogP contribution in [0.4, 0.5) is 0 Å². The van der Waals surface area contributed by atoms with E-state index >= 15 is 0 Å². The second-order valence-corrected chi connectivity index (χ2v) is 5.87. The SMILES string of the molecule is CCCNC(=O)CN(C/C=C/CC(C)(C)C=O)CCC. The highest BCUT2D eigenvalue weighted by Gasteiger charge is 2.13. The van der Waals surface area contributed by atoms with E-state index in [2.05, 4.69) is 17.1 Å². The molecule has 0 aromatic rings. The van der Waals surface area contributed by atoms with Gasteiger partial charge in [0.15, 0.2) is 0 Å². The molecule has 0 saturated heterocycles. The summed E-state index contributed by atoms with van der Waals surface area (Å²) in [7, 11) is 0. The molecule has 0 aromatic carbocycles. The van der Waals surface area contributed by atoms with Crippen LogP contribution in [0.25, 0.3) is 0 Å². The van der Waals surface area contributed by atoms with E-state index in [9.17, 15) is 9.59 Å². The Morgan fingerprint density at radius 1 is 1.20 bits per heavy atom. The van der Waals surface area contributed by atoms with E-state index < -0.39 is 0 Å². The van der Waals surface area contributed by atoms with Crippen molar-refractivity contribution in [1.29, 1.82) is 0 Å². The number of amides is 1. The number of hydrogen-bond donors (Lipinski definition) is 1. The molecule has 0 aliphatic carbocycles. The van der Waals surface area contributed by atoms with Crippen LogP contribution in [0.15, 0.2) is 12.2 Å². The average Bonchev–Trinajstić information content (AvgIpc) is 2.41. The summed E-state index contributed by atoms with van der Waals surface area (Å²) in [6, 6.07) is 0. The minimum absolute atomic E-state index is 0.0851. The lowest BCUT2D eigenvalue weighted by molar-refractivity contribution is -0.122. The van der Waals surface area contributed by atoms with Gasteiger partial charge in [-0.25, -0.2) is 0 Å². The molecule has 0 aliphatic rings. The van der Waals surface area contributed by atoms with E-state index in [1.807, 2.05) is 32.9 Å². The molecule has 0 atom stereocenters. The summed E-state index contributed by atoms with van der Waals surface area (Å²) in [5.41, 5.74) is -0.301. The topological polar surface area (TPSA) is 49.4 Å². The highest BCUT2D eigenvalue weighted by Crippen LogP contribution is 2.16. The molecule has 20 heavy (non-hydrogen) atoms. The first-order chi connectivity index (χ1) is 9.45. The van der Waals surface area contributed by atoms with Gasteiger partial charge in [0, 0.05) is 18.5 Å². The normalized spacial score (nSPS) is 12.1. The van der Waals surface area contributed by atoms with Gasteiger partial charge >= 0.3 is 0 Å². The third-order valence-corrected chi connectivity index (χ3v) is 2.97. The molecule has 116 valence electrons. The van der Waals surface area contributed by atoms with Crippen LogP contribution in [-0.2, 0) is 9.59 Å². The lowest BCUT2D eigenvalue weighted by Gasteiger charge is -2.19. The molecular formula is C16H30N2O2. The van der Waals surface area contributed by atoms with Crippen LogP contribution in [0.3, 0.4) is 0 Å². The number of nitrogens with one attached hydrogen (secondary N) is 1. The average molecular weight is 282 g/mol. The number of hydrogen-bond acceptors (Lipinski definition) is 3. The van der Waals surface area contributed by atoms with Crippen LogP contribution < -0.4 is 5.32 Å². The third-order valence-electron chi connectivity index (χ3n) is 2.97. The van der Waals surface area contributed by atoms with Gasteiger partial charge in [0.05, 0.1) is 6.54 Å². The van der Waals surface area contributed by atoms with E-state index in [0.29, 0.717) is 6.54 Å². The summed E-state index contributed by atoms with van der Waals surface area (Å²) < 4.78 is 0. The minimum atomic E-state index is -0.301. The fourth-order valence-electron chi connectivity index (χ4n) is 1.73. The van der Waals surface area contributed by atoms with Gasteiger partial charge in [-0.15, -0.1) is 0 Å². The summed E-state index contributed by atoms with van der Waals surface area (Å²) in [6.45, 7) is 10.8. The van der Waals surface area contributed by atoms with Crippen LogP contribution in [0.2, 0.25) is 0 Å². The molecule has 0 aromatic heterocycles. The molecule has 0 saturated carbocycles. The van der Waals surface area contributed by atoms with Crippen molar-refractivity contribution in [1.82, 2.24) is 10.2 Å². The van der Waals surface area contributed by atoms with Crippen molar-refractivity contribution < 1.29 is 9.59 Å². The molecule has 4 nitrogen and oxygen atoms in total. The lowest BCUT2D eigenvalue weighted by Crippen LogP contribution is -2.38. The summed E-state index contributed by atoms with van der Waals surface area (Å²) in [5, 5.41) is 2.89. The Kier molecular flexibility index (Phi) is 9.99. The van der Waals surface area contributed by atoms with Crippen LogP contribution in [-0.4, -0.2) is 43.3 Å². The molecule has 1 N–H and O–H groups in total. The Morgan fingerprint density at radius 3 is 2.45 bits per heavy atom. The molecule has 1 amide bonds. The van der Waals surface area contributed by atoms with Crippen molar-refractivity contribution in [2.75, 3.05) is 26.2 Å². The van der Waals surface area contributed by atoms with Crippen molar-refractivity contribution in [2.45, 2.75) is 47.0 Å². The Hall–Kier alpha value is -1.16. The Bertz CT molecular complexity index is 312. The maximum absolute atomic E-state index is 11.7. The summed E-state index contributed by atoms with van der Waals surface area (Å²) in [6.07, 6.45) is 7.78. The second-order valence-electron chi connectivity index (χ2n) is 5.87. The third kappa shape index (κ3) is 9.73. The predicted molar refractivity (Wildman–Crippen MR) is 83.6 cm³/mol. The first-order valence-corrected chi connectivity index (χ1v) is 7.55. The van der Waals surface area contributed by atoms with Gasteiger partial charge in [0.2, 0.25) is 5.91 Å². The molecule has 0 bridgehead atoms. The fourth-order valence-corrected chi connectivity index (χ4v) is 1.73. The maximum atomic E-state index is 11.7. The van der Waals surface area contributed by atoms with E-state index in [-0.39, 0.29) is 11.3 Å². The number of rotatable bonds is 11.